The van der Waals surface area contributed by atoms with E-state index in [-0.39, 0.29) is 0 Å². The number of hydrogen-bond acceptors (Lipinski definition) is 6. The Morgan fingerprint density at radius 2 is 2.18 bits per heavy atom. The summed E-state index contributed by atoms with van der Waals surface area (Å²) >= 11 is 0. The molecule has 1 N–H and O–H groups in total. The quantitative estimate of drug-likeness (QED) is 0.911. The molecule has 0 aliphatic carbocycles. The Morgan fingerprint density at radius 1 is 1.32 bits per heavy atom. The highest BCUT2D eigenvalue weighted by atomic mass is 16.4. The van der Waals surface area contributed by atoms with Crippen molar-refractivity contribution in [3.8, 4) is 0 Å². The molecule has 0 aromatic carbocycles. The van der Waals surface area contributed by atoms with Gasteiger partial charge in [0.1, 0.15) is 0 Å². The van der Waals surface area contributed by atoms with Crippen molar-refractivity contribution in [3.05, 3.63) is 23.3 Å². The fraction of sp³-hybridized carbons (Fsp3) is 0.667. The maximum absolute atomic E-state index is 5.31. The minimum absolute atomic E-state index is 0.446. The Balaban J connectivity index is 1.64. The molecular formula is C15H24N6O. The zero-order chi connectivity index (χ0) is 15.5. The first kappa shape index (κ1) is 15.0. The molecule has 0 spiro atoms. The number of nitrogens with zero attached hydrogens (tertiary/aromatic N) is 5. The molecule has 0 amide bonds. The van der Waals surface area contributed by atoms with Gasteiger partial charge in [0, 0.05) is 33.1 Å². The van der Waals surface area contributed by atoms with Gasteiger partial charge in [0.2, 0.25) is 5.89 Å². The van der Waals surface area contributed by atoms with Gasteiger partial charge < -0.3 is 9.73 Å². The number of anilines is 1. The molecule has 1 aliphatic rings. The van der Waals surface area contributed by atoms with Gasteiger partial charge in [-0.1, -0.05) is 18.9 Å². The molecule has 0 bridgehead atoms. The summed E-state index contributed by atoms with van der Waals surface area (Å²) in [6.07, 6.45) is 1.15. The lowest BCUT2D eigenvalue weighted by Crippen LogP contribution is -2.27. The molecule has 120 valence electrons. The maximum Gasteiger partial charge on any atom is 0.315 e. The molecule has 7 nitrogen and oxygen atoms in total. The Labute approximate surface area is 130 Å². The van der Waals surface area contributed by atoms with E-state index in [1.165, 1.54) is 5.69 Å². The van der Waals surface area contributed by atoms with Crippen LogP contribution < -0.4 is 5.32 Å². The summed E-state index contributed by atoms with van der Waals surface area (Å²) in [5.41, 5.74) is 2.30. The highest BCUT2D eigenvalue weighted by Crippen LogP contribution is 2.16. The fourth-order valence-electron chi connectivity index (χ4n) is 2.88. The molecule has 0 saturated heterocycles. The van der Waals surface area contributed by atoms with Crippen molar-refractivity contribution in [1.29, 1.82) is 0 Å². The van der Waals surface area contributed by atoms with E-state index in [1.54, 1.807) is 6.92 Å². The van der Waals surface area contributed by atoms with E-state index in [9.17, 15) is 0 Å². The second-order valence-electron chi connectivity index (χ2n) is 6.31. The van der Waals surface area contributed by atoms with E-state index >= 15 is 0 Å². The van der Waals surface area contributed by atoms with E-state index in [2.05, 4.69) is 50.1 Å². The SMILES string of the molecule is Cc1nnc(NCc2cc3n(n2)CCCN(CC(C)C)C3)o1. The average Bonchev–Trinajstić information content (AvgIpc) is 2.98. The van der Waals surface area contributed by atoms with Gasteiger partial charge in [0.15, 0.2) is 0 Å². The lowest BCUT2D eigenvalue weighted by Gasteiger charge is -2.21. The van der Waals surface area contributed by atoms with Crippen molar-refractivity contribution >= 4 is 6.01 Å². The number of nitrogens with one attached hydrogen (secondary N) is 1. The minimum Gasteiger partial charge on any atom is -0.408 e. The van der Waals surface area contributed by atoms with Crippen molar-refractivity contribution in [1.82, 2.24) is 24.9 Å². The van der Waals surface area contributed by atoms with E-state index in [1.807, 2.05) is 0 Å². The van der Waals surface area contributed by atoms with Gasteiger partial charge in [-0.25, -0.2) is 0 Å². The highest BCUT2D eigenvalue weighted by molar-refractivity contribution is 5.21. The van der Waals surface area contributed by atoms with Gasteiger partial charge in [-0.05, 0) is 18.4 Å². The predicted molar refractivity (Wildman–Crippen MR) is 83.3 cm³/mol. The van der Waals surface area contributed by atoms with Gasteiger partial charge in [0.05, 0.1) is 17.9 Å². The van der Waals surface area contributed by atoms with E-state index in [0.717, 1.165) is 38.3 Å². The molecule has 1 aliphatic heterocycles. The van der Waals surface area contributed by atoms with Crippen LogP contribution in [0, 0.1) is 12.8 Å². The summed E-state index contributed by atoms with van der Waals surface area (Å²) in [4.78, 5) is 2.52. The first-order valence-corrected chi connectivity index (χ1v) is 7.92. The molecule has 3 heterocycles. The van der Waals surface area contributed by atoms with Gasteiger partial charge in [0.25, 0.3) is 0 Å². The second kappa shape index (κ2) is 6.48. The second-order valence-corrected chi connectivity index (χ2v) is 6.31. The normalized spacial score (nSPS) is 15.8. The topological polar surface area (TPSA) is 72.0 Å². The Bertz CT molecular complexity index is 617. The molecular weight excluding hydrogens is 280 g/mol. The molecule has 22 heavy (non-hydrogen) atoms. The highest BCUT2D eigenvalue weighted by Gasteiger charge is 2.17. The van der Waals surface area contributed by atoms with Crippen LogP contribution in [0.25, 0.3) is 0 Å². The number of rotatable bonds is 5. The summed E-state index contributed by atoms with van der Waals surface area (Å²) in [5, 5.41) is 15.5. The van der Waals surface area contributed by atoms with Crippen LogP contribution in [0.2, 0.25) is 0 Å². The molecule has 0 atom stereocenters. The Kier molecular flexibility index (Phi) is 4.42. The van der Waals surface area contributed by atoms with Crippen LogP contribution >= 0.6 is 0 Å². The van der Waals surface area contributed by atoms with Crippen LogP contribution in [0.15, 0.2) is 10.5 Å². The van der Waals surface area contributed by atoms with Crippen molar-refractivity contribution in [3.63, 3.8) is 0 Å². The molecule has 7 heteroatoms. The van der Waals surface area contributed by atoms with E-state index in [0.29, 0.717) is 24.4 Å². The van der Waals surface area contributed by atoms with Gasteiger partial charge in [-0.2, -0.15) is 5.10 Å². The molecule has 2 aromatic heterocycles. The number of aryl methyl sites for hydroxylation is 2. The third kappa shape index (κ3) is 3.65. The van der Waals surface area contributed by atoms with Crippen molar-refractivity contribution in [2.45, 2.75) is 46.8 Å². The zero-order valence-electron chi connectivity index (χ0n) is 13.5. The lowest BCUT2D eigenvalue weighted by atomic mass is 10.2. The zero-order valence-corrected chi connectivity index (χ0v) is 13.5. The first-order chi connectivity index (χ1) is 10.6. The molecule has 2 aromatic rings. The predicted octanol–water partition coefficient (Wildman–Crippen LogP) is 2.05. The van der Waals surface area contributed by atoms with Crippen molar-refractivity contribution < 1.29 is 4.42 Å². The summed E-state index contributed by atoms with van der Waals surface area (Å²) in [7, 11) is 0. The largest absolute Gasteiger partial charge is 0.408 e. The summed E-state index contributed by atoms with van der Waals surface area (Å²) in [6, 6.07) is 2.62. The molecule has 0 unspecified atom stereocenters. The van der Waals surface area contributed by atoms with Gasteiger partial charge in [-0.15, -0.1) is 5.10 Å². The Morgan fingerprint density at radius 3 is 2.91 bits per heavy atom. The monoisotopic (exact) mass is 304 g/mol. The smallest absolute Gasteiger partial charge is 0.315 e. The standard InChI is InChI=1S/C15H24N6O/c1-11(2)9-20-5-4-6-21-14(10-20)7-13(19-21)8-16-15-18-17-12(3)22-15/h7,11H,4-6,8-10H2,1-3H3,(H,16,18). The van der Waals surface area contributed by atoms with Crippen LogP contribution in [0.3, 0.4) is 0 Å². The van der Waals surface area contributed by atoms with Crippen LogP contribution in [0.1, 0.15) is 37.5 Å². The number of aromatic nitrogens is 4. The van der Waals surface area contributed by atoms with Crippen LogP contribution in [-0.4, -0.2) is 38.0 Å². The van der Waals surface area contributed by atoms with E-state index < -0.39 is 0 Å². The summed E-state index contributed by atoms with van der Waals surface area (Å²) < 4.78 is 7.45. The van der Waals surface area contributed by atoms with Crippen molar-refractivity contribution in [2.75, 3.05) is 18.4 Å². The third-order valence-corrected chi connectivity index (χ3v) is 3.71. The maximum atomic E-state index is 5.31. The molecule has 3 rings (SSSR count). The third-order valence-electron chi connectivity index (χ3n) is 3.71. The summed E-state index contributed by atoms with van der Waals surface area (Å²) in [6.45, 7) is 11.2. The average molecular weight is 304 g/mol. The first-order valence-electron chi connectivity index (χ1n) is 7.92. The number of hydrogen-bond donors (Lipinski definition) is 1. The fourth-order valence-corrected chi connectivity index (χ4v) is 2.88. The van der Waals surface area contributed by atoms with E-state index in [4.69, 9.17) is 4.42 Å². The van der Waals surface area contributed by atoms with Gasteiger partial charge in [-0.3, -0.25) is 9.58 Å². The number of fused-ring (bicyclic) bond motifs is 1. The molecule has 0 radical (unpaired) electrons. The van der Waals surface area contributed by atoms with Crippen LogP contribution in [0.5, 0.6) is 0 Å². The van der Waals surface area contributed by atoms with Gasteiger partial charge >= 0.3 is 6.01 Å². The lowest BCUT2D eigenvalue weighted by molar-refractivity contribution is 0.239. The molecule has 0 saturated carbocycles. The summed E-state index contributed by atoms with van der Waals surface area (Å²) in [5.74, 6) is 1.25. The Hall–Kier alpha value is -1.89. The van der Waals surface area contributed by atoms with Crippen LogP contribution in [-0.2, 0) is 19.6 Å². The molecule has 0 fully saturated rings. The van der Waals surface area contributed by atoms with Crippen LogP contribution in [0.4, 0.5) is 6.01 Å². The van der Waals surface area contributed by atoms with Crippen molar-refractivity contribution in [2.24, 2.45) is 5.92 Å². The minimum atomic E-state index is 0.446.